The molecule has 2 aromatic heterocycles. The van der Waals surface area contributed by atoms with Crippen molar-refractivity contribution in [2.24, 2.45) is 0 Å². The van der Waals surface area contributed by atoms with Gasteiger partial charge in [0, 0.05) is 23.3 Å². The zero-order valence-corrected chi connectivity index (χ0v) is 20.1. The third kappa shape index (κ3) is 4.22. The second kappa shape index (κ2) is 9.19. The van der Waals surface area contributed by atoms with Gasteiger partial charge >= 0.3 is 0 Å². The molecule has 34 heavy (non-hydrogen) atoms. The minimum Gasteiger partial charge on any atom is -0.497 e. The van der Waals surface area contributed by atoms with Crippen molar-refractivity contribution in [3.8, 4) is 17.2 Å². The summed E-state index contributed by atoms with van der Waals surface area (Å²) in [6, 6.07) is 23.6. The maximum absolute atomic E-state index is 6.01. The monoisotopic (exact) mass is 470 g/mol. The van der Waals surface area contributed by atoms with Crippen molar-refractivity contribution in [2.45, 2.75) is 25.9 Å². The van der Waals surface area contributed by atoms with Crippen LogP contribution in [0.3, 0.4) is 0 Å². The normalized spacial score (nSPS) is 17.5. The van der Waals surface area contributed by atoms with Gasteiger partial charge < -0.3 is 24.7 Å². The first kappa shape index (κ1) is 22.0. The summed E-state index contributed by atoms with van der Waals surface area (Å²) < 4.78 is 11.2. The number of methoxy groups -OCH3 is 1. The van der Waals surface area contributed by atoms with E-state index >= 15 is 0 Å². The minimum atomic E-state index is -0.0715. The van der Waals surface area contributed by atoms with E-state index < -0.39 is 0 Å². The summed E-state index contributed by atoms with van der Waals surface area (Å²) >= 11 is 5.82. The maximum Gasteiger partial charge on any atom is 0.174 e. The molecule has 4 aromatic rings. The van der Waals surface area contributed by atoms with Gasteiger partial charge in [-0.05, 0) is 98.4 Å². The van der Waals surface area contributed by atoms with Crippen LogP contribution in [0.5, 0.6) is 17.2 Å². The topological polar surface area (TPSA) is 62.4 Å². The fourth-order valence-corrected chi connectivity index (χ4v) is 4.80. The molecule has 5 rings (SSSR count). The number of anilines is 1. The quantitative estimate of drug-likeness (QED) is 0.337. The number of aromatic amines is 1. The van der Waals surface area contributed by atoms with Crippen LogP contribution in [0.1, 0.15) is 34.7 Å². The molecule has 3 heterocycles. The molecule has 0 spiro atoms. The van der Waals surface area contributed by atoms with Crippen molar-refractivity contribution < 1.29 is 9.47 Å². The molecule has 0 saturated carbocycles. The predicted octanol–water partition coefficient (Wildman–Crippen LogP) is 6.00. The third-order valence-electron chi connectivity index (χ3n) is 6.02. The van der Waals surface area contributed by atoms with Gasteiger partial charge in [0.1, 0.15) is 17.2 Å². The molecule has 0 aliphatic carbocycles. The molecular weight excluding hydrogens is 444 g/mol. The van der Waals surface area contributed by atoms with E-state index in [1.165, 1.54) is 5.56 Å². The van der Waals surface area contributed by atoms with E-state index in [4.69, 9.17) is 21.7 Å². The number of H-pyrrole nitrogens is 1. The molecule has 2 aromatic carbocycles. The van der Waals surface area contributed by atoms with Crippen LogP contribution < -0.4 is 19.7 Å². The van der Waals surface area contributed by atoms with Gasteiger partial charge in [0.05, 0.1) is 24.9 Å². The Balaban J connectivity index is 1.46. The largest absolute Gasteiger partial charge is 0.497 e. The van der Waals surface area contributed by atoms with E-state index in [1.807, 2.05) is 72.9 Å². The van der Waals surface area contributed by atoms with Gasteiger partial charge in [-0.15, -0.1) is 0 Å². The van der Waals surface area contributed by atoms with Gasteiger partial charge in [-0.3, -0.25) is 4.98 Å². The number of benzene rings is 2. The highest BCUT2D eigenvalue weighted by molar-refractivity contribution is 7.80. The average molecular weight is 471 g/mol. The molecule has 1 saturated heterocycles. The van der Waals surface area contributed by atoms with Crippen LogP contribution in [0.4, 0.5) is 5.69 Å². The van der Waals surface area contributed by atoms with E-state index in [0.29, 0.717) is 5.11 Å². The van der Waals surface area contributed by atoms with Crippen molar-refractivity contribution in [1.82, 2.24) is 15.3 Å². The first-order chi connectivity index (χ1) is 16.5. The number of nitrogens with zero attached hydrogens (tertiary/aromatic N) is 2. The van der Waals surface area contributed by atoms with Crippen molar-refractivity contribution in [1.29, 1.82) is 0 Å². The van der Waals surface area contributed by atoms with Gasteiger partial charge in [0.2, 0.25) is 0 Å². The smallest absolute Gasteiger partial charge is 0.174 e. The van der Waals surface area contributed by atoms with Gasteiger partial charge in [-0.25, -0.2) is 0 Å². The zero-order chi connectivity index (χ0) is 23.7. The Bertz CT molecular complexity index is 1290. The fourth-order valence-electron chi connectivity index (χ4n) is 4.46. The molecule has 172 valence electrons. The molecule has 1 aliphatic rings. The third-order valence-corrected chi connectivity index (χ3v) is 6.33. The SMILES string of the molecule is COc1ccc(Oc2ccc(N3C(=S)N[C@@H](c4ccccn4)[C@@H]3c3cc(C)[nH]c3C)cc2)cc1. The molecule has 0 radical (unpaired) electrons. The lowest BCUT2D eigenvalue weighted by Crippen LogP contribution is -2.29. The Hall–Kier alpha value is -3.84. The number of pyridine rings is 1. The highest BCUT2D eigenvalue weighted by Crippen LogP contribution is 2.43. The molecule has 7 heteroatoms. The van der Waals surface area contributed by atoms with Crippen molar-refractivity contribution in [3.05, 3.63) is 102 Å². The molecule has 1 fully saturated rings. The molecule has 0 amide bonds. The Kier molecular flexibility index (Phi) is 5.94. The average Bonchev–Trinajstić information content (AvgIpc) is 3.38. The molecule has 2 N–H and O–H groups in total. The van der Waals surface area contributed by atoms with E-state index in [9.17, 15) is 0 Å². The van der Waals surface area contributed by atoms with Crippen LogP contribution >= 0.6 is 12.2 Å². The van der Waals surface area contributed by atoms with Gasteiger partial charge in [0.15, 0.2) is 5.11 Å². The summed E-state index contributed by atoms with van der Waals surface area (Å²) in [5.41, 5.74) is 5.38. The van der Waals surface area contributed by atoms with Crippen LogP contribution in [-0.4, -0.2) is 22.2 Å². The summed E-state index contributed by atoms with van der Waals surface area (Å²) in [4.78, 5) is 10.2. The molecule has 0 unspecified atom stereocenters. The standard InChI is InChI=1S/C27H26N4O2S/c1-17-16-23(18(2)29-17)26-25(24-6-4-5-15-28-24)30-27(34)31(26)19-7-9-21(10-8-19)33-22-13-11-20(32-3)12-14-22/h4-16,25-26,29H,1-3H3,(H,30,34)/t25-,26-/m0/s1. The van der Waals surface area contributed by atoms with Crippen molar-refractivity contribution >= 4 is 23.0 Å². The van der Waals surface area contributed by atoms with E-state index in [2.05, 4.69) is 40.1 Å². The molecular formula is C27H26N4O2S. The Morgan fingerprint density at radius 1 is 0.912 bits per heavy atom. The fraction of sp³-hybridized carbons (Fsp3) is 0.185. The summed E-state index contributed by atoms with van der Waals surface area (Å²) in [7, 11) is 1.65. The van der Waals surface area contributed by atoms with E-state index in [0.717, 1.165) is 40.0 Å². The summed E-state index contributed by atoms with van der Waals surface area (Å²) in [5.74, 6) is 2.29. The first-order valence-electron chi connectivity index (χ1n) is 11.1. The van der Waals surface area contributed by atoms with Crippen LogP contribution in [0.25, 0.3) is 0 Å². The summed E-state index contributed by atoms with van der Waals surface area (Å²) in [6.07, 6.45) is 1.82. The van der Waals surface area contributed by atoms with Crippen molar-refractivity contribution in [2.75, 3.05) is 12.0 Å². The zero-order valence-electron chi connectivity index (χ0n) is 19.3. The van der Waals surface area contributed by atoms with E-state index in [1.54, 1.807) is 7.11 Å². The Morgan fingerprint density at radius 3 is 2.18 bits per heavy atom. The first-order valence-corrected chi connectivity index (χ1v) is 11.5. The molecule has 2 atom stereocenters. The minimum absolute atomic E-state index is 0.0410. The highest BCUT2D eigenvalue weighted by Gasteiger charge is 2.41. The molecule has 1 aliphatic heterocycles. The Labute approximate surface area is 204 Å². The molecule has 0 bridgehead atoms. The number of hydrogen-bond donors (Lipinski definition) is 2. The van der Waals surface area contributed by atoms with Gasteiger partial charge in [0.25, 0.3) is 0 Å². The highest BCUT2D eigenvalue weighted by atomic mass is 32.1. The number of nitrogens with one attached hydrogen (secondary N) is 2. The van der Waals surface area contributed by atoms with Crippen LogP contribution in [0.15, 0.2) is 79.0 Å². The number of ether oxygens (including phenoxy) is 2. The number of thiocarbonyl (C=S) groups is 1. The Morgan fingerprint density at radius 2 is 1.59 bits per heavy atom. The number of rotatable bonds is 6. The lowest BCUT2D eigenvalue weighted by Gasteiger charge is -2.28. The lowest BCUT2D eigenvalue weighted by molar-refractivity contribution is 0.413. The number of aromatic nitrogens is 2. The number of hydrogen-bond acceptors (Lipinski definition) is 4. The summed E-state index contributed by atoms with van der Waals surface area (Å²) in [5, 5.41) is 4.18. The number of aryl methyl sites for hydroxylation is 2. The molecule has 6 nitrogen and oxygen atoms in total. The predicted molar refractivity (Wildman–Crippen MR) is 138 cm³/mol. The van der Waals surface area contributed by atoms with Crippen molar-refractivity contribution in [3.63, 3.8) is 0 Å². The maximum atomic E-state index is 6.01. The van der Waals surface area contributed by atoms with Crippen LogP contribution in [-0.2, 0) is 0 Å². The van der Waals surface area contributed by atoms with Gasteiger partial charge in [-0.2, -0.15) is 0 Å². The van der Waals surface area contributed by atoms with Crippen LogP contribution in [0, 0.1) is 13.8 Å². The van der Waals surface area contributed by atoms with E-state index in [-0.39, 0.29) is 12.1 Å². The second-order valence-corrected chi connectivity index (χ2v) is 8.69. The van der Waals surface area contributed by atoms with Crippen LogP contribution in [0.2, 0.25) is 0 Å². The summed E-state index contributed by atoms with van der Waals surface area (Å²) in [6.45, 7) is 4.17. The van der Waals surface area contributed by atoms with Gasteiger partial charge in [-0.1, -0.05) is 6.07 Å². The second-order valence-electron chi connectivity index (χ2n) is 8.30. The lowest BCUT2D eigenvalue weighted by atomic mass is 9.96.